The molecule has 6 heteroatoms. The van der Waals surface area contributed by atoms with Gasteiger partial charge in [0.1, 0.15) is 0 Å². The van der Waals surface area contributed by atoms with E-state index in [4.69, 9.17) is 0 Å². The molecule has 2 atom stereocenters. The van der Waals surface area contributed by atoms with E-state index in [-0.39, 0.29) is 22.6 Å². The molecular formula is C10H14BrN3O2. The van der Waals surface area contributed by atoms with E-state index in [0.717, 1.165) is 12.3 Å². The lowest BCUT2D eigenvalue weighted by atomic mass is 10.0. The lowest BCUT2D eigenvalue weighted by Gasteiger charge is -2.17. The highest BCUT2D eigenvalue weighted by Gasteiger charge is 2.31. The maximum absolute atomic E-state index is 11.5. The molecule has 5 nitrogen and oxygen atoms in total. The van der Waals surface area contributed by atoms with Crippen molar-refractivity contribution in [1.29, 1.82) is 0 Å². The fraction of sp³-hybridized carbons (Fsp3) is 0.700. The molecule has 0 radical (unpaired) electrons. The van der Waals surface area contributed by atoms with Gasteiger partial charge in [-0.25, -0.2) is 5.43 Å². The second-order valence-electron chi connectivity index (χ2n) is 4.21. The van der Waals surface area contributed by atoms with Gasteiger partial charge in [0, 0.05) is 30.0 Å². The third kappa shape index (κ3) is 2.26. The topological polar surface area (TPSA) is 61.8 Å². The predicted octanol–water partition coefficient (Wildman–Crippen LogP) is 0.494. The summed E-state index contributed by atoms with van der Waals surface area (Å²) in [6.45, 7) is 3.21. The predicted molar refractivity (Wildman–Crippen MR) is 63.3 cm³/mol. The van der Waals surface area contributed by atoms with Crippen molar-refractivity contribution in [3.05, 3.63) is 0 Å². The van der Waals surface area contributed by atoms with Gasteiger partial charge in [0.15, 0.2) is 0 Å². The molecule has 0 spiro atoms. The number of hydrazone groups is 1. The molecule has 16 heavy (non-hydrogen) atoms. The van der Waals surface area contributed by atoms with Crippen LogP contribution < -0.4 is 5.43 Å². The molecule has 2 rings (SSSR count). The van der Waals surface area contributed by atoms with Gasteiger partial charge in [0.25, 0.3) is 0 Å². The number of nitrogens with one attached hydrogen (secondary N) is 1. The Bertz CT molecular complexity index is 356. The maximum atomic E-state index is 11.5. The second kappa shape index (κ2) is 4.53. The molecule has 0 aromatic heterocycles. The summed E-state index contributed by atoms with van der Waals surface area (Å²) in [5, 5.41) is 3.88. The quantitative estimate of drug-likeness (QED) is 0.768. The minimum absolute atomic E-state index is 0.0560. The van der Waals surface area contributed by atoms with E-state index in [1.807, 2.05) is 6.92 Å². The van der Waals surface area contributed by atoms with Crippen molar-refractivity contribution < 1.29 is 9.59 Å². The van der Waals surface area contributed by atoms with Crippen LogP contribution in [-0.2, 0) is 9.59 Å². The number of likely N-dealkylation sites (tertiary alicyclic amines) is 1. The first-order valence-electron chi connectivity index (χ1n) is 5.34. The molecule has 2 aliphatic rings. The van der Waals surface area contributed by atoms with Crippen molar-refractivity contribution >= 4 is 33.5 Å². The Labute approximate surface area is 102 Å². The van der Waals surface area contributed by atoms with E-state index >= 15 is 0 Å². The highest BCUT2D eigenvalue weighted by Crippen LogP contribution is 2.20. The molecule has 0 aromatic rings. The van der Waals surface area contributed by atoms with Gasteiger partial charge < -0.3 is 4.90 Å². The molecule has 0 aromatic carbocycles. The lowest BCUT2D eigenvalue weighted by Crippen LogP contribution is -2.31. The van der Waals surface area contributed by atoms with Crippen LogP contribution in [0.1, 0.15) is 19.8 Å². The van der Waals surface area contributed by atoms with Crippen LogP contribution in [0.25, 0.3) is 0 Å². The van der Waals surface area contributed by atoms with E-state index in [0.29, 0.717) is 19.4 Å². The average molecular weight is 288 g/mol. The summed E-state index contributed by atoms with van der Waals surface area (Å²) < 4.78 is 0. The number of hydrogen-bond acceptors (Lipinski definition) is 3. The van der Waals surface area contributed by atoms with Crippen LogP contribution in [0.2, 0.25) is 0 Å². The third-order valence-corrected chi connectivity index (χ3v) is 3.63. The Morgan fingerprint density at radius 3 is 2.81 bits per heavy atom. The molecule has 0 bridgehead atoms. The van der Waals surface area contributed by atoms with Crippen molar-refractivity contribution in [2.24, 2.45) is 11.0 Å². The van der Waals surface area contributed by atoms with E-state index in [1.54, 1.807) is 4.90 Å². The van der Waals surface area contributed by atoms with Crippen LogP contribution in [0.4, 0.5) is 0 Å². The number of hydrogen-bond donors (Lipinski definition) is 1. The summed E-state index contributed by atoms with van der Waals surface area (Å²) in [4.78, 5) is 25.0. The molecule has 1 saturated heterocycles. The van der Waals surface area contributed by atoms with Crippen LogP contribution >= 0.6 is 15.9 Å². The molecule has 2 unspecified atom stereocenters. The van der Waals surface area contributed by atoms with E-state index in [2.05, 4.69) is 26.5 Å². The van der Waals surface area contributed by atoms with Gasteiger partial charge in [-0.05, 0) is 13.3 Å². The van der Waals surface area contributed by atoms with Gasteiger partial charge >= 0.3 is 0 Å². The molecule has 2 amide bonds. The van der Waals surface area contributed by atoms with E-state index < -0.39 is 0 Å². The zero-order valence-electron chi connectivity index (χ0n) is 9.07. The summed E-state index contributed by atoms with van der Waals surface area (Å²) in [5.41, 5.74) is 3.26. The SMILES string of the molecule is CC1=NNC(=O)C1CCN1CC(Br)CC1=O. The number of alkyl halides is 1. The zero-order chi connectivity index (χ0) is 11.7. The first-order valence-corrected chi connectivity index (χ1v) is 6.25. The number of carbonyl (C=O) groups is 2. The molecule has 2 aliphatic heterocycles. The lowest BCUT2D eigenvalue weighted by molar-refractivity contribution is -0.128. The summed E-state index contributed by atoms with van der Waals surface area (Å²) in [6.07, 6.45) is 1.22. The average Bonchev–Trinajstić information content (AvgIpc) is 2.69. The third-order valence-electron chi connectivity index (χ3n) is 3.02. The van der Waals surface area contributed by atoms with Crippen LogP contribution in [0, 0.1) is 5.92 Å². The van der Waals surface area contributed by atoms with Gasteiger partial charge in [-0.3, -0.25) is 9.59 Å². The summed E-state index contributed by atoms with van der Waals surface area (Å²) in [5.74, 6) is -0.0587. The Morgan fingerprint density at radius 1 is 1.56 bits per heavy atom. The number of amides is 2. The highest BCUT2D eigenvalue weighted by atomic mass is 79.9. The summed E-state index contributed by atoms with van der Waals surface area (Å²) in [7, 11) is 0. The summed E-state index contributed by atoms with van der Waals surface area (Å²) >= 11 is 3.43. The molecule has 1 N–H and O–H groups in total. The second-order valence-corrected chi connectivity index (χ2v) is 5.51. The number of rotatable bonds is 3. The Morgan fingerprint density at radius 2 is 2.31 bits per heavy atom. The first kappa shape index (κ1) is 11.6. The van der Waals surface area contributed by atoms with Crippen LogP contribution in [-0.4, -0.2) is 40.3 Å². The normalized spacial score (nSPS) is 29.6. The maximum Gasteiger partial charge on any atom is 0.248 e. The minimum atomic E-state index is -0.165. The largest absolute Gasteiger partial charge is 0.341 e. The number of nitrogens with zero attached hydrogens (tertiary/aromatic N) is 2. The van der Waals surface area contributed by atoms with Gasteiger partial charge in [0.05, 0.1) is 5.92 Å². The Kier molecular flexibility index (Phi) is 3.28. The Balaban J connectivity index is 1.86. The molecule has 0 aliphatic carbocycles. The van der Waals surface area contributed by atoms with Gasteiger partial charge in [-0.2, -0.15) is 5.10 Å². The van der Waals surface area contributed by atoms with Gasteiger partial charge in [0.2, 0.25) is 11.8 Å². The van der Waals surface area contributed by atoms with E-state index in [1.165, 1.54) is 0 Å². The monoisotopic (exact) mass is 287 g/mol. The number of halogens is 1. The smallest absolute Gasteiger partial charge is 0.248 e. The van der Waals surface area contributed by atoms with Crippen molar-refractivity contribution in [2.75, 3.05) is 13.1 Å². The minimum Gasteiger partial charge on any atom is -0.341 e. The number of carbonyl (C=O) groups excluding carboxylic acids is 2. The fourth-order valence-electron chi connectivity index (χ4n) is 2.05. The molecule has 88 valence electrons. The molecule has 0 saturated carbocycles. The molecular weight excluding hydrogens is 274 g/mol. The standard InChI is InChI=1S/C10H14BrN3O2/c1-6-8(10(16)13-12-6)2-3-14-5-7(11)4-9(14)15/h7-8H,2-5H2,1H3,(H,13,16). The van der Waals surface area contributed by atoms with Crippen molar-refractivity contribution in [3.8, 4) is 0 Å². The van der Waals surface area contributed by atoms with Gasteiger partial charge in [-0.1, -0.05) is 15.9 Å². The van der Waals surface area contributed by atoms with Crippen LogP contribution in [0.5, 0.6) is 0 Å². The highest BCUT2D eigenvalue weighted by molar-refractivity contribution is 9.09. The van der Waals surface area contributed by atoms with E-state index in [9.17, 15) is 9.59 Å². The molecule has 2 heterocycles. The summed E-state index contributed by atoms with van der Waals surface area (Å²) in [6, 6.07) is 0. The zero-order valence-corrected chi connectivity index (χ0v) is 10.7. The van der Waals surface area contributed by atoms with Gasteiger partial charge in [-0.15, -0.1) is 0 Å². The molecule has 1 fully saturated rings. The van der Waals surface area contributed by atoms with Crippen LogP contribution in [0.15, 0.2) is 5.10 Å². The van der Waals surface area contributed by atoms with Crippen molar-refractivity contribution in [2.45, 2.75) is 24.6 Å². The first-order chi connectivity index (χ1) is 7.58. The Hall–Kier alpha value is -0.910. The van der Waals surface area contributed by atoms with Crippen molar-refractivity contribution in [1.82, 2.24) is 10.3 Å². The fourth-order valence-corrected chi connectivity index (χ4v) is 2.68. The van der Waals surface area contributed by atoms with Crippen molar-refractivity contribution in [3.63, 3.8) is 0 Å². The van der Waals surface area contributed by atoms with Crippen LogP contribution in [0.3, 0.4) is 0 Å².